The first-order valence-electron chi connectivity index (χ1n) is 6.04. The molecule has 2 atom stereocenters. The molecular formula is C12H21FN2O2. The van der Waals surface area contributed by atoms with Crippen LogP contribution in [-0.4, -0.2) is 41.5 Å². The van der Waals surface area contributed by atoms with Crippen LogP contribution in [-0.2, 0) is 9.59 Å². The molecule has 1 aliphatic heterocycles. The van der Waals surface area contributed by atoms with Crippen LogP contribution in [0.1, 0.15) is 34.1 Å². The molecule has 0 saturated carbocycles. The van der Waals surface area contributed by atoms with Crippen LogP contribution in [0.2, 0.25) is 0 Å². The summed E-state index contributed by atoms with van der Waals surface area (Å²) in [7, 11) is 0. The molecule has 0 bridgehead atoms. The van der Waals surface area contributed by atoms with Crippen molar-refractivity contribution in [3.63, 3.8) is 0 Å². The van der Waals surface area contributed by atoms with Crippen LogP contribution in [0, 0.1) is 5.92 Å². The molecule has 2 amide bonds. The quantitative estimate of drug-likeness (QED) is 0.805. The molecule has 5 heteroatoms. The molecule has 0 aromatic rings. The maximum atomic E-state index is 12.5. The van der Waals surface area contributed by atoms with Crippen molar-refractivity contribution < 1.29 is 14.0 Å². The number of hydrogen-bond acceptors (Lipinski definition) is 2. The molecule has 0 spiro atoms. The van der Waals surface area contributed by atoms with Crippen LogP contribution in [0.15, 0.2) is 0 Å². The Morgan fingerprint density at radius 3 is 2.53 bits per heavy atom. The first-order valence-corrected chi connectivity index (χ1v) is 6.04. The Labute approximate surface area is 102 Å². The molecule has 2 unspecified atom stereocenters. The maximum Gasteiger partial charge on any atom is 0.246 e. The van der Waals surface area contributed by atoms with E-state index in [0.717, 1.165) is 6.42 Å². The molecule has 1 fully saturated rings. The van der Waals surface area contributed by atoms with E-state index in [9.17, 15) is 14.0 Å². The fourth-order valence-corrected chi connectivity index (χ4v) is 2.04. The molecule has 0 aromatic heterocycles. The van der Waals surface area contributed by atoms with Crippen molar-refractivity contribution in [2.75, 3.05) is 13.2 Å². The second kappa shape index (κ2) is 5.02. The van der Waals surface area contributed by atoms with Gasteiger partial charge >= 0.3 is 0 Å². The predicted molar refractivity (Wildman–Crippen MR) is 63.2 cm³/mol. The number of piperazine rings is 1. The van der Waals surface area contributed by atoms with Gasteiger partial charge in [-0.2, -0.15) is 0 Å². The lowest BCUT2D eigenvalue weighted by Gasteiger charge is -2.45. The Kier molecular flexibility index (Phi) is 4.11. The van der Waals surface area contributed by atoms with E-state index in [-0.39, 0.29) is 24.3 Å². The van der Waals surface area contributed by atoms with E-state index >= 15 is 0 Å². The standard InChI is InChI=1S/C12H21FN2O2/c1-5-8(2)9-10(16)15(7-6-13)12(3,4)11(17)14-9/h8-9H,5-7H2,1-4H3,(H,14,17). The smallest absolute Gasteiger partial charge is 0.246 e. The van der Waals surface area contributed by atoms with Crippen molar-refractivity contribution in [2.24, 2.45) is 5.92 Å². The Morgan fingerprint density at radius 2 is 2.06 bits per heavy atom. The summed E-state index contributed by atoms with van der Waals surface area (Å²) in [4.78, 5) is 25.5. The zero-order valence-corrected chi connectivity index (χ0v) is 10.9. The number of halogens is 1. The molecule has 98 valence electrons. The summed E-state index contributed by atoms with van der Waals surface area (Å²) in [5.74, 6) is -0.331. The van der Waals surface area contributed by atoms with Gasteiger partial charge in [0.05, 0.1) is 6.54 Å². The van der Waals surface area contributed by atoms with Gasteiger partial charge in [-0.25, -0.2) is 4.39 Å². The molecule has 1 N–H and O–H groups in total. The molecule has 0 aliphatic carbocycles. The number of carbonyl (C=O) groups excluding carboxylic acids is 2. The number of nitrogens with zero attached hydrogens (tertiary/aromatic N) is 1. The van der Waals surface area contributed by atoms with Crippen LogP contribution in [0.5, 0.6) is 0 Å². The predicted octanol–water partition coefficient (Wildman–Crippen LogP) is 1.11. The topological polar surface area (TPSA) is 49.4 Å². The lowest BCUT2D eigenvalue weighted by Crippen LogP contribution is -2.69. The summed E-state index contributed by atoms with van der Waals surface area (Å²) >= 11 is 0. The number of rotatable bonds is 4. The van der Waals surface area contributed by atoms with Crippen molar-refractivity contribution in [3.05, 3.63) is 0 Å². The molecule has 4 nitrogen and oxygen atoms in total. The fraction of sp³-hybridized carbons (Fsp3) is 0.833. The van der Waals surface area contributed by atoms with Crippen molar-refractivity contribution in [1.29, 1.82) is 0 Å². The van der Waals surface area contributed by atoms with E-state index in [0.29, 0.717) is 0 Å². The Balaban J connectivity index is 2.98. The lowest BCUT2D eigenvalue weighted by atomic mass is 9.89. The van der Waals surface area contributed by atoms with Gasteiger partial charge in [0.2, 0.25) is 11.8 Å². The average molecular weight is 244 g/mol. The molecule has 0 radical (unpaired) electrons. The summed E-state index contributed by atoms with van der Waals surface area (Å²) in [6, 6.07) is -0.521. The van der Waals surface area contributed by atoms with Crippen molar-refractivity contribution in [1.82, 2.24) is 10.2 Å². The van der Waals surface area contributed by atoms with Gasteiger partial charge in [0.25, 0.3) is 0 Å². The highest BCUT2D eigenvalue weighted by Crippen LogP contribution is 2.24. The van der Waals surface area contributed by atoms with E-state index in [4.69, 9.17) is 0 Å². The molecule has 1 rings (SSSR count). The second-order valence-electron chi connectivity index (χ2n) is 5.07. The Bertz CT molecular complexity index is 318. The maximum absolute atomic E-state index is 12.5. The van der Waals surface area contributed by atoms with Gasteiger partial charge in [0.1, 0.15) is 18.3 Å². The number of amides is 2. The highest BCUT2D eigenvalue weighted by Gasteiger charge is 2.47. The van der Waals surface area contributed by atoms with Gasteiger partial charge in [-0.1, -0.05) is 20.3 Å². The molecule has 1 aliphatic rings. The Hall–Kier alpha value is -1.13. The van der Waals surface area contributed by atoms with Crippen molar-refractivity contribution in [2.45, 2.75) is 45.7 Å². The van der Waals surface area contributed by atoms with Gasteiger partial charge < -0.3 is 10.2 Å². The summed E-state index contributed by atoms with van der Waals surface area (Å²) < 4.78 is 12.5. The van der Waals surface area contributed by atoms with E-state index in [2.05, 4.69) is 5.32 Å². The van der Waals surface area contributed by atoms with Crippen LogP contribution in [0.4, 0.5) is 4.39 Å². The minimum Gasteiger partial charge on any atom is -0.342 e. The third-order valence-corrected chi connectivity index (χ3v) is 3.57. The number of carbonyl (C=O) groups is 2. The van der Waals surface area contributed by atoms with Crippen molar-refractivity contribution in [3.8, 4) is 0 Å². The van der Waals surface area contributed by atoms with Crippen LogP contribution in [0.3, 0.4) is 0 Å². The molecule has 1 saturated heterocycles. The monoisotopic (exact) mass is 244 g/mol. The summed E-state index contributed by atoms with van der Waals surface area (Å²) in [6.45, 7) is 6.51. The lowest BCUT2D eigenvalue weighted by molar-refractivity contribution is -0.157. The van der Waals surface area contributed by atoms with Gasteiger partial charge in [0.15, 0.2) is 0 Å². The largest absolute Gasteiger partial charge is 0.342 e. The summed E-state index contributed by atoms with van der Waals surface area (Å²) in [6.07, 6.45) is 0.792. The van der Waals surface area contributed by atoms with Gasteiger partial charge in [-0.05, 0) is 19.8 Å². The van der Waals surface area contributed by atoms with Crippen LogP contribution in [0.25, 0.3) is 0 Å². The third kappa shape index (κ3) is 2.42. The SMILES string of the molecule is CCC(C)C1NC(=O)C(C)(C)N(CCF)C1=O. The highest BCUT2D eigenvalue weighted by atomic mass is 19.1. The zero-order valence-electron chi connectivity index (χ0n) is 10.9. The van der Waals surface area contributed by atoms with Gasteiger partial charge in [-0.3, -0.25) is 9.59 Å². The zero-order chi connectivity index (χ0) is 13.2. The van der Waals surface area contributed by atoms with Gasteiger partial charge in [0, 0.05) is 0 Å². The fourth-order valence-electron chi connectivity index (χ4n) is 2.04. The molecule has 17 heavy (non-hydrogen) atoms. The summed E-state index contributed by atoms with van der Waals surface area (Å²) in [5.41, 5.74) is -0.965. The molecule has 1 heterocycles. The first kappa shape index (κ1) is 13.9. The van der Waals surface area contributed by atoms with E-state index < -0.39 is 18.3 Å². The van der Waals surface area contributed by atoms with Crippen LogP contribution >= 0.6 is 0 Å². The summed E-state index contributed by atoms with van der Waals surface area (Å²) in [5, 5.41) is 2.74. The number of alkyl halides is 1. The normalized spacial score (nSPS) is 25.7. The highest BCUT2D eigenvalue weighted by molar-refractivity contribution is 5.99. The van der Waals surface area contributed by atoms with E-state index in [1.54, 1.807) is 13.8 Å². The van der Waals surface area contributed by atoms with E-state index in [1.165, 1.54) is 4.90 Å². The van der Waals surface area contributed by atoms with Crippen LogP contribution < -0.4 is 5.32 Å². The van der Waals surface area contributed by atoms with Gasteiger partial charge in [-0.15, -0.1) is 0 Å². The van der Waals surface area contributed by atoms with E-state index in [1.807, 2.05) is 13.8 Å². The number of nitrogens with one attached hydrogen (secondary N) is 1. The molecular weight excluding hydrogens is 223 g/mol. The average Bonchev–Trinajstić information content (AvgIpc) is 2.28. The minimum absolute atomic E-state index is 0.0216. The molecule has 0 aromatic carbocycles. The third-order valence-electron chi connectivity index (χ3n) is 3.57. The Morgan fingerprint density at radius 1 is 1.47 bits per heavy atom. The second-order valence-corrected chi connectivity index (χ2v) is 5.07. The first-order chi connectivity index (χ1) is 7.86. The van der Waals surface area contributed by atoms with Crippen molar-refractivity contribution >= 4 is 11.8 Å². The number of hydrogen-bond donors (Lipinski definition) is 1. The minimum atomic E-state index is -0.965.